The van der Waals surface area contributed by atoms with E-state index in [-0.39, 0.29) is 5.54 Å². The number of thioether (sulfide) groups is 1. The second-order valence-corrected chi connectivity index (χ2v) is 7.21. The Kier molecular flexibility index (Phi) is 4.33. The zero-order valence-corrected chi connectivity index (χ0v) is 12.6. The minimum absolute atomic E-state index is 0.0164. The van der Waals surface area contributed by atoms with Crippen LogP contribution in [-0.2, 0) is 12.1 Å². The molecule has 1 aliphatic rings. The first-order valence-corrected chi connectivity index (χ1v) is 7.95. The Morgan fingerprint density at radius 3 is 2.78 bits per heavy atom. The number of hydrogen-bond donors (Lipinski definition) is 1. The van der Waals surface area contributed by atoms with Crippen molar-refractivity contribution in [2.45, 2.75) is 63.4 Å². The number of nitrogens with one attached hydrogen (secondary N) is 1. The summed E-state index contributed by atoms with van der Waals surface area (Å²) in [7, 11) is 0. The molecule has 0 radical (unpaired) electrons. The van der Waals surface area contributed by atoms with Crippen molar-refractivity contribution in [3.63, 3.8) is 0 Å². The molecule has 1 aliphatic carbocycles. The molecule has 1 heterocycles. The SMILES string of the molecule is CSC1CCC(NCc2cn(C(C)(C)C)nn2)C1. The normalized spacial score (nSPS) is 24.7. The van der Waals surface area contributed by atoms with Gasteiger partial charge in [0, 0.05) is 17.8 Å². The molecule has 1 aromatic heterocycles. The molecule has 1 fully saturated rings. The van der Waals surface area contributed by atoms with E-state index < -0.39 is 0 Å². The summed E-state index contributed by atoms with van der Waals surface area (Å²) in [4.78, 5) is 0. The second-order valence-electron chi connectivity index (χ2n) is 6.07. The van der Waals surface area contributed by atoms with Gasteiger partial charge in [-0.1, -0.05) is 5.21 Å². The molecule has 4 nitrogen and oxygen atoms in total. The lowest BCUT2D eigenvalue weighted by Crippen LogP contribution is -2.26. The van der Waals surface area contributed by atoms with Gasteiger partial charge in [0.2, 0.25) is 0 Å². The summed E-state index contributed by atoms with van der Waals surface area (Å²) < 4.78 is 1.93. The van der Waals surface area contributed by atoms with Gasteiger partial charge in [-0.3, -0.25) is 0 Å². The molecule has 0 spiro atoms. The van der Waals surface area contributed by atoms with Crippen molar-refractivity contribution in [3.05, 3.63) is 11.9 Å². The van der Waals surface area contributed by atoms with Crippen molar-refractivity contribution < 1.29 is 0 Å². The van der Waals surface area contributed by atoms with E-state index in [9.17, 15) is 0 Å². The van der Waals surface area contributed by atoms with Crippen LogP contribution in [0.25, 0.3) is 0 Å². The first kappa shape index (κ1) is 13.9. The molecule has 0 aliphatic heterocycles. The van der Waals surface area contributed by atoms with Crippen LogP contribution >= 0.6 is 11.8 Å². The maximum Gasteiger partial charge on any atom is 0.0965 e. The Bertz CT molecular complexity index is 383. The van der Waals surface area contributed by atoms with E-state index in [4.69, 9.17) is 0 Å². The van der Waals surface area contributed by atoms with Crippen LogP contribution in [0.15, 0.2) is 6.20 Å². The third kappa shape index (κ3) is 3.48. The summed E-state index contributed by atoms with van der Waals surface area (Å²) in [6.07, 6.45) is 8.18. The second kappa shape index (κ2) is 5.61. The maximum atomic E-state index is 4.23. The molecule has 0 saturated heterocycles. The molecular weight excluding hydrogens is 244 g/mol. The van der Waals surface area contributed by atoms with Crippen molar-refractivity contribution in [1.82, 2.24) is 20.3 Å². The van der Waals surface area contributed by atoms with Crippen molar-refractivity contribution in [2.24, 2.45) is 0 Å². The topological polar surface area (TPSA) is 42.7 Å². The molecule has 18 heavy (non-hydrogen) atoms. The summed E-state index contributed by atoms with van der Waals surface area (Å²) in [5.41, 5.74) is 1.06. The predicted octanol–water partition coefficient (Wildman–Crippen LogP) is 2.41. The smallest absolute Gasteiger partial charge is 0.0965 e. The van der Waals surface area contributed by atoms with Crippen LogP contribution in [0.2, 0.25) is 0 Å². The molecule has 0 amide bonds. The first-order chi connectivity index (χ1) is 8.49. The summed E-state index contributed by atoms with van der Waals surface area (Å²) in [5, 5.41) is 12.9. The van der Waals surface area contributed by atoms with Crippen LogP contribution in [0, 0.1) is 0 Å². The van der Waals surface area contributed by atoms with E-state index in [1.54, 1.807) is 0 Å². The van der Waals surface area contributed by atoms with Gasteiger partial charge in [0.25, 0.3) is 0 Å². The standard InChI is InChI=1S/C13H24N4S/c1-13(2,3)17-9-11(15-16-17)8-14-10-5-6-12(7-10)18-4/h9-10,12,14H,5-8H2,1-4H3. The van der Waals surface area contributed by atoms with Crippen molar-refractivity contribution >= 4 is 11.8 Å². The fourth-order valence-corrected chi connectivity index (χ4v) is 3.09. The van der Waals surface area contributed by atoms with E-state index in [0.29, 0.717) is 6.04 Å². The minimum Gasteiger partial charge on any atom is -0.308 e. The van der Waals surface area contributed by atoms with E-state index in [1.807, 2.05) is 22.6 Å². The Hall–Kier alpha value is -0.550. The third-order valence-corrected chi connectivity index (χ3v) is 4.61. The monoisotopic (exact) mass is 268 g/mol. The Labute approximate surface area is 114 Å². The van der Waals surface area contributed by atoms with Crippen LogP contribution in [0.4, 0.5) is 0 Å². The molecular formula is C13H24N4S. The quantitative estimate of drug-likeness (QED) is 0.910. The van der Waals surface area contributed by atoms with Gasteiger partial charge < -0.3 is 5.32 Å². The van der Waals surface area contributed by atoms with Crippen LogP contribution in [-0.4, -0.2) is 32.5 Å². The fraction of sp³-hybridized carbons (Fsp3) is 0.846. The largest absolute Gasteiger partial charge is 0.308 e. The maximum absolute atomic E-state index is 4.23. The third-order valence-electron chi connectivity index (χ3n) is 3.52. The molecule has 5 heteroatoms. The van der Waals surface area contributed by atoms with Crippen molar-refractivity contribution in [1.29, 1.82) is 0 Å². The highest BCUT2D eigenvalue weighted by Crippen LogP contribution is 2.28. The summed E-state index contributed by atoms with van der Waals surface area (Å²) in [6, 6.07) is 0.655. The zero-order valence-electron chi connectivity index (χ0n) is 11.8. The molecule has 2 unspecified atom stereocenters. The summed E-state index contributed by atoms with van der Waals surface area (Å²) >= 11 is 1.99. The van der Waals surface area contributed by atoms with E-state index in [1.165, 1.54) is 19.3 Å². The number of nitrogens with zero attached hydrogens (tertiary/aromatic N) is 3. The van der Waals surface area contributed by atoms with Gasteiger partial charge in [-0.15, -0.1) is 5.10 Å². The molecule has 1 N–H and O–H groups in total. The van der Waals surface area contributed by atoms with Gasteiger partial charge in [0.1, 0.15) is 0 Å². The van der Waals surface area contributed by atoms with Gasteiger partial charge in [-0.2, -0.15) is 11.8 Å². The molecule has 1 saturated carbocycles. The first-order valence-electron chi connectivity index (χ1n) is 6.67. The fourth-order valence-electron chi connectivity index (χ4n) is 2.30. The van der Waals surface area contributed by atoms with Gasteiger partial charge in [-0.25, -0.2) is 4.68 Å². The lowest BCUT2D eigenvalue weighted by Gasteiger charge is -2.17. The van der Waals surface area contributed by atoms with Crippen LogP contribution < -0.4 is 5.32 Å². The molecule has 102 valence electrons. The predicted molar refractivity (Wildman–Crippen MR) is 76.8 cm³/mol. The van der Waals surface area contributed by atoms with Gasteiger partial charge in [0.05, 0.1) is 17.4 Å². The molecule has 2 atom stereocenters. The molecule has 2 rings (SSSR count). The molecule has 0 bridgehead atoms. The van der Waals surface area contributed by atoms with Crippen LogP contribution in [0.5, 0.6) is 0 Å². The summed E-state index contributed by atoms with van der Waals surface area (Å²) in [5.74, 6) is 0. The number of hydrogen-bond acceptors (Lipinski definition) is 4. The van der Waals surface area contributed by atoms with Crippen LogP contribution in [0.1, 0.15) is 45.7 Å². The van der Waals surface area contributed by atoms with Gasteiger partial charge in [0.15, 0.2) is 0 Å². The average molecular weight is 268 g/mol. The summed E-state index contributed by atoms with van der Waals surface area (Å²) in [6.45, 7) is 7.25. The Morgan fingerprint density at radius 2 is 2.22 bits per heavy atom. The Balaban J connectivity index is 1.82. The van der Waals surface area contributed by atoms with Gasteiger partial charge >= 0.3 is 0 Å². The number of aromatic nitrogens is 3. The highest BCUT2D eigenvalue weighted by atomic mass is 32.2. The average Bonchev–Trinajstić information content (AvgIpc) is 2.94. The highest BCUT2D eigenvalue weighted by molar-refractivity contribution is 7.99. The Morgan fingerprint density at radius 1 is 1.44 bits per heavy atom. The lowest BCUT2D eigenvalue weighted by molar-refractivity contribution is 0.347. The lowest BCUT2D eigenvalue weighted by atomic mass is 10.1. The minimum atomic E-state index is 0.0164. The molecule has 1 aromatic rings. The van der Waals surface area contributed by atoms with Crippen LogP contribution in [0.3, 0.4) is 0 Å². The van der Waals surface area contributed by atoms with E-state index in [0.717, 1.165) is 17.5 Å². The highest BCUT2D eigenvalue weighted by Gasteiger charge is 2.23. The van der Waals surface area contributed by atoms with E-state index in [2.05, 4.69) is 42.7 Å². The number of rotatable bonds is 4. The van der Waals surface area contributed by atoms with Gasteiger partial charge in [-0.05, 0) is 46.3 Å². The van der Waals surface area contributed by atoms with Crippen molar-refractivity contribution in [3.8, 4) is 0 Å². The van der Waals surface area contributed by atoms with Crippen molar-refractivity contribution in [2.75, 3.05) is 6.26 Å². The van der Waals surface area contributed by atoms with E-state index >= 15 is 0 Å². The molecule has 0 aromatic carbocycles. The zero-order chi connectivity index (χ0) is 13.2.